The van der Waals surface area contributed by atoms with Gasteiger partial charge in [-0.2, -0.15) is 0 Å². The highest BCUT2D eigenvalue weighted by Gasteiger charge is 2.15. The Morgan fingerprint density at radius 1 is 1.42 bits per heavy atom. The normalized spacial score (nSPS) is 10.5. The summed E-state index contributed by atoms with van der Waals surface area (Å²) < 4.78 is 7.22. The molecule has 0 aliphatic heterocycles. The summed E-state index contributed by atoms with van der Waals surface area (Å²) >= 11 is 1.39. The minimum Gasteiger partial charge on any atom is -0.490 e. The van der Waals surface area contributed by atoms with Gasteiger partial charge in [0.1, 0.15) is 12.7 Å². The molecule has 0 aliphatic carbocycles. The molecular weight excluding hydrogens is 264 g/mol. The topological polar surface area (TPSA) is 77.8 Å². The average molecular weight is 280 g/mol. The summed E-state index contributed by atoms with van der Waals surface area (Å²) in [4.78, 5) is 8.44. The van der Waals surface area contributed by atoms with E-state index in [-0.39, 0.29) is 0 Å². The Kier molecular flexibility index (Phi) is 4.56. The van der Waals surface area contributed by atoms with Gasteiger partial charge in [-0.3, -0.25) is 0 Å². The third-order valence-corrected chi connectivity index (χ3v) is 3.41. The fourth-order valence-corrected chi connectivity index (χ4v) is 2.26. The Bertz CT molecular complexity index is 544. The van der Waals surface area contributed by atoms with Gasteiger partial charge in [0.25, 0.3) is 0 Å². The van der Waals surface area contributed by atoms with Crippen LogP contribution in [0.15, 0.2) is 22.8 Å². The van der Waals surface area contributed by atoms with Crippen molar-refractivity contribution in [2.75, 3.05) is 19.0 Å². The lowest BCUT2D eigenvalue weighted by atomic mass is 10.4. The van der Waals surface area contributed by atoms with Gasteiger partial charge >= 0.3 is 0 Å². The summed E-state index contributed by atoms with van der Waals surface area (Å²) in [5.74, 6) is 1.33. The summed E-state index contributed by atoms with van der Waals surface area (Å²) in [5.41, 5.74) is 0. The number of rotatable bonds is 6. The van der Waals surface area contributed by atoms with E-state index in [1.807, 2.05) is 11.6 Å². The van der Waals surface area contributed by atoms with Gasteiger partial charge in [0.05, 0.1) is 7.11 Å². The van der Waals surface area contributed by atoms with Gasteiger partial charge < -0.3 is 14.6 Å². The van der Waals surface area contributed by atoms with Crippen LogP contribution in [0.3, 0.4) is 0 Å². The monoisotopic (exact) mass is 280 g/mol. The number of anilines is 1. The van der Waals surface area contributed by atoms with Gasteiger partial charge in [-0.1, -0.05) is 6.92 Å². The van der Waals surface area contributed by atoms with E-state index in [4.69, 9.17) is 4.74 Å². The summed E-state index contributed by atoms with van der Waals surface area (Å²) in [6, 6.07) is 0. The van der Waals surface area contributed by atoms with Gasteiger partial charge in [-0.15, -0.1) is 10.2 Å². The quantitative estimate of drug-likeness (QED) is 0.805. The van der Waals surface area contributed by atoms with Crippen LogP contribution in [-0.2, 0) is 7.05 Å². The smallest absolute Gasteiger partial charge is 0.197 e. The Labute approximate surface area is 115 Å². The van der Waals surface area contributed by atoms with Gasteiger partial charge in [0, 0.05) is 13.6 Å². The molecule has 2 heterocycles. The third kappa shape index (κ3) is 3.14. The van der Waals surface area contributed by atoms with Crippen LogP contribution in [0.5, 0.6) is 5.75 Å². The maximum Gasteiger partial charge on any atom is 0.197 e. The zero-order valence-corrected chi connectivity index (χ0v) is 11.9. The van der Waals surface area contributed by atoms with Crippen LogP contribution in [-0.4, -0.2) is 38.4 Å². The van der Waals surface area contributed by atoms with Crippen LogP contribution in [0, 0.1) is 0 Å². The first-order valence-corrected chi connectivity index (χ1v) is 6.72. The maximum absolute atomic E-state index is 5.40. The summed E-state index contributed by atoms with van der Waals surface area (Å²) in [5, 5.41) is 12.5. The molecule has 8 heteroatoms. The first kappa shape index (κ1) is 13.6. The zero-order valence-electron chi connectivity index (χ0n) is 11.1. The fourth-order valence-electron chi connectivity index (χ4n) is 1.44. The lowest BCUT2D eigenvalue weighted by molar-refractivity contribution is 0.400. The van der Waals surface area contributed by atoms with Crippen molar-refractivity contribution in [3.05, 3.63) is 12.7 Å². The van der Waals surface area contributed by atoms with Crippen LogP contribution >= 0.6 is 11.8 Å². The van der Waals surface area contributed by atoms with Crippen molar-refractivity contribution < 1.29 is 4.74 Å². The second-order valence-corrected chi connectivity index (χ2v) is 4.77. The molecule has 2 aromatic heterocycles. The Balaban J connectivity index is 2.27. The third-order valence-electron chi connectivity index (χ3n) is 2.38. The predicted octanol–water partition coefficient (Wildman–Crippen LogP) is 1.59. The predicted molar refractivity (Wildman–Crippen MR) is 72.5 cm³/mol. The molecule has 0 saturated carbocycles. The zero-order chi connectivity index (χ0) is 13.7. The Morgan fingerprint density at radius 2 is 2.26 bits per heavy atom. The highest BCUT2D eigenvalue weighted by molar-refractivity contribution is 7.99. The van der Waals surface area contributed by atoms with E-state index in [0.29, 0.717) is 16.6 Å². The molecule has 0 unspecified atom stereocenters. The molecule has 19 heavy (non-hydrogen) atoms. The second kappa shape index (κ2) is 6.37. The molecule has 0 aromatic carbocycles. The number of nitrogens with zero attached hydrogens (tertiary/aromatic N) is 5. The maximum atomic E-state index is 5.40. The van der Waals surface area contributed by atoms with Crippen molar-refractivity contribution in [2.24, 2.45) is 7.05 Å². The van der Waals surface area contributed by atoms with Crippen LogP contribution in [0.4, 0.5) is 5.82 Å². The number of aromatic nitrogens is 5. The number of hydrogen-bond donors (Lipinski definition) is 1. The molecule has 2 aromatic rings. The standard InChI is InChI=1S/C11H16N6OS/c1-4-5-12-9-8(18-3)10(14-6-13-9)19-11-16-15-7-17(11)2/h6-7H,4-5H2,1-3H3,(H,12,13,14). The van der Waals surface area contributed by atoms with Crippen LogP contribution < -0.4 is 10.1 Å². The van der Waals surface area contributed by atoms with E-state index in [9.17, 15) is 0 Å². The highest BCUT2D eigenvalue weighted by Crippen LogP contribution is 2.35. The van der Waals surface area contributed by atoms with Crippen molar-refractivity contribution in [1.82, 2.24) is 24.7 Å². The largest absolute Gasteiger partial charge is 0.490 e. The Hall–Kier alpha value is -1.83. The second-order valence-electron chi connectivity index (χ2n) is 3.81. The minimum absolute atomic E-state index is 0.629. The Morgan fingerprint density at radius 3 is 2.89 bits per heavy atom. The first-order chi connectivity index (χ1) is 9.26. The van der Waals surface area contributed by atoms with Crippen molar-refractivity contribution in [3.8, 4) is 5.75 Å². The van der Waals surface area contributed by atoms with Gasteiger partial charge in [-0.25, -0.2) is 9.97 Å². The van der Waals surface area contributed by atoms with E-state index >= 15 is 0 Å². The lowest BCUT2D eigenvalue weighted by Gasteiger charge is -2.11. The molecule has 7 nitrogen and oxygen atoms in total. The molecule has 0 bridgehead atoms. The van der Waals surface area contributed by atoms with Crippen molar-refractivity contribution in [2.45, 2.75) is 23.5 Å². The van der Waals surface area contributed by atoms with Gasteiger partial charge in [0.15, 0.2) is 21.7 Å². The number of aryl methyl sites for hydroxylation is 1. The van der Waals surface area contributed by atoms with Crippen molar-refractivity contribution in [1.29, 1.82) is 0 Å². The van der Waals surface area contributed by atoms with Gasteiger partial charge in [-0.05, 0) is 18.2 Å². The molecule has 0 fully saturated rings. The molecule has 0 spiro atoms. The molecule has 0 radical (unpaired) electrons. The molecule has 0 amide bonds. The first-order valence-electron chi connectivity index (χ1n) is 5.91. The van der Waals surface area contributed by atoms with Crippen molar-refractivity contribution in [3.63, 3.8) is 0 Å². The number of nitrogens with one attached hydrogen (secondary N) is 1. The van der Waals surface area contributed by atoms with E-state index < -0.39 is 0 Å². The molecule has 0 aliphatic rings. The summed E-state index contributed by atoms with van der Waals surface area (Å²) in [6.07, 6.45) is 4.17. The number of hydrogen-bond acceptors (Lipinski definition) is 7. The summed E-state index contributed by atoms with van der Waals surface area (Å²) in [6.45, 7) is 2.93. The van der Waals surface area contributed by atoms with E-state index in [0.717, 1.165) is 18.1 Å². The van der Waals surface area contributed by atoms with E-state index in [2.05, 4.69) is 32.4 Å². The number of methoxy groups -OCH3 is 1. The van der Waals surface area contributed by atoms with Crippen LogP contribution in [0.1, 0.15) is 13.3 Å². The summed E-state index contributed by atoms with van der Waals surface area (Å²) in [7, 11) is 3.49. The molecule has 2 rings (SSSR count). The highest BCUT2D eigenvalue weighted by atomic mass is 32.2. The molecular formula is C11H16N6OS. The molecule has 102 valence electrons. The van der Waals surface area contributed by atoms with E-state index in [1.165, 1.54) is 18.1 Å². The molecule has 0 saturated heterocycles. The molecule has 1 N–H and O–H groups in total. The van der Waals surface area contributed by atoms with Crippen LogP contribution in [0.2, 0.25) is 0 Å². The lowest BCUT2D eigenvalue weighted by Crippen LogP contribution is -2.05. The number of ether oxygens (including phenoxy) is 1. The van der Waals surface area contributed by atoms with Crippen molar-refractivity contribution >= 4 is 17.6 Å². The average Bonchev–Trinajstić information content (AvgIpc) is 2.82. The van der Waals surface area contributed by atoms with E-state index in [1.54, 1.807) is 13.4 Å². The minimum atomic E-state index is 0.629. The SMILES string of the molecule is CCCNc1ncnc(Sc2nncn2C)c1OC. The van der Waals surface area contributed by atoms with Crippen LogP contribution in [0.25, 0.3) is 0 Å². The fraction of sp³-hybridized carbons (Fsp3) is 0.455. The molecule has 0 atom stereocenters. The van der Waals surface area contributed by atoms with Gasteiger partial charge in [0.2, 0.25) is 0 Å².